The van der Waals surface area contributed by atoms with Gasteiger partial charge in [0.25, 0.3) is 0 Å². The number of hydrogen-bond donors (Lipinski definition) is 2. The van der Waals surface area contributed by atoms with Crippen LogP contribution in [0.25, 0.3) is 0 Å². The second-order valence-corrected chi connectivity index (χ2v) is 4.70. The first-order valence-corrected chi connectivity index (χ1v) is 6.12. The summed E-state index contributed by atoms with van der Waals surface area (Å²) in [5.74, 6) is 0. The van der Waals surface area contributed by atoms with Crippen LogP contribution in [0, 0.1) is 6.92 Å². The van der Waals surface area contributed by atoms with Gasteiger partial charge in [-0.25, -0.2) is 0 Å². The first-order valence-electron chi connectivity index (χ1n) is 6.12. The number of hydrogen-bond acceptors (Lipinski definition) is 2. The molecular formula is C13H17F3N2. The molecule has 0 unspecified atom stereocenters. The molecule has 0 atom stereocenters. The molecule has 0 bridgehead atoms. The minimum absolute atomic E-state index is 0.349. The van der Waals surface area contributed by atoms with Crippen molar-refractivity contribution in [2.45, 2.75) is 32.0 Å². The molecule has 100 valence electrons. The highest BCUT2D eigenvalue weighted by Crippen LogP contribution is 2.31. The SMILES string of the molecule is Cc1cc(C(F)(F)F)ccc1NC1CCNCC1. The summed E-state index contributed by atoms with van der Waals surface area (Å²) >= 11 is 0. The zero-order chi connectivity index (χ0) is 13.2. The van der Waals surface area contributed by atoms with Crippen LogP contribution in [0.4, 0.5) is 18.9 Å². The fourth-order valence-corrected chi connectivity index (χ4v) is 2.19. The third kappa shape index (κ3) is 3.16. The van der Waals surface area contributed by atoms with E-state index in [0.29, 0.717) is 11.6 Å². The van der Waals surface area contributed by atoms with Crippen LogP contribution in [0.15, 0.2) is 18.2 Å². The van der Waals surface area contributed by atoms with Crippen LogP contribution in [0.2, 0.25) is 0 Å². The third-order valence-corrected chi connectivity index (χ3v) is 3.25. The standard InChI is InChI=1S/C13H17F3N2/c1-9-8-10(13(14,15)16)2-3-12(9)18-11-4-6-17-7-5-11/h2-3,8,11,17-18H,4-7H2,1H3. The highest BCUT2D eigenvalue weighted by atomic mass is 19.4. The molecule has 0 spiro atoms. The molecule has 0 amide bonds. The normalized spacial score (nSPS) is 17.8. The molecule has 0 aliphatic carbocycles. The minimum Gasteiger partial charge on any atom is -0.382 e. The molecule has 0 aromatic heterocycles. The Bertz CT molecular complexity index is 409. The van der Waals surface area contributed by atoms with E-state index in [2.05, 4.69) is 10.6 Å². The Morgan fingerprint density at radius 1 is 1.22 bits per heavy atom. The molecule has 0 saturated carbocycles. The van der Waals surface area contributed by atoms with E-state index in [9.17, 15) is 13.2 Å². The number of aryl methyl sites for hydroxylation is 1. The van der Waals surface area contributed by atoms with E-state index in [1.165, 1.54) is 12.1 Å². The lowest BCUT2D eigenvalue weighted by Gasteiger charge is -2.25. The van der Waals surface area contributed by atoms with Gasteiger partial charge in [-0.2, -0.15) is 13.2 Å². The van der Waals surface area contributed by atoms with Crippen LogP contribution in [0.5, 0.6) is 0 Å². The highest BCUT2D eigenvalue weighted by molar-refractivity contribution is 5.53. The number of anilines is 1. The first-order chi connectivity index (χ1) is 8.47. The van der Waals surface area contributed by atoms with Crippen molar-refractivity contribution in [3.05, 3.63) is 29.3 Å². The van der Waals surface area contributed by atoms with Crippen molar-refractivity contribution in [2.75, 3.05) is 18.4 Å². The van der Waals surface area contributed by atoms with Gasteiger partial charge in [0.1, 0.15) is 0 Å². The van der Waals surface area contributed by atoms with Crippen molar-refractivity contribution in [3.63, 3.8) is 0 Å². The number of nitrogens with one attached hydrogen (secondary N) is 2. The Labute approximate surface area is 105 Å². The van der Waals surface area contributed by atoms with Crippen LogP contribution in [0.1, 0.15) is 24.0 Å². The lowest BCUT2D eigenvalue weighted by atomic mass is 10.0. The van der Waals surface area contributed by atoms with Gasteiger partial charge in [0, 0.05) is 11.7 Å². The average molecular weight is 258 g/mol. The Morgan fingerprint density at radius 3 is 2.44 bits per heavy atom. The molecule has 1 fully saturated rings. The van der Waals surface area contributed by atoms with E-state index in [1.54, 1.807) is 6.92 Å². The van der Waals surface area contributed by atoms with E-state index in [0.717, 1.165) is 37.7 Å². The number of alkyl halides is 3. The van der Waals surface area contributed by atoms with Crippen LogP contribution in [-0.2, 0) is 6.18 Å². The van der Waals surface area contributed by atoms with Crippen molar-refractivity contribution < 1.29 is 13.2 Å². The summed E-state index contributed by atoms with van der Waals surface area (Å²) in [5.41, 5.74) is 0.856. The first kappa shape index (κ1) is 13.2. The number of benzene rings is 1. The Morgan fingerprint density at radius 2 is 1.89 bits per heavy atom. The smallest absolute Gasteiger partial charge is 0.382 e. The zero-order valence-electron chi connectivity index (χ0n) is 10.3. The Kier molecular flexibility index (Phi) is 3.80. The van der Waals surface area contributed by atoms with Crippen LogP contribution < -0.4 is 10.6 Å². The number of piperidine rings is 1. The quantitative estimate of drug-likeness (QED) is 0.851. The molecular weight excluding hydrogens is 241 g/mol. The molecule has 1 aromatic rings. The monoisotopic (exact) mass is 258 g/mol. The van der Waals surface area contributed by atoms with Gasteiger partial charge in [-0.1, -0.05) is 0 Å². The molecule has 1 aromatic carbocycles. The minimum atomic E-state index is -4.27. The number of halogens is 3. The molecule has 1 aliphatic rings. The molecule has 1 aliphatic heterocycles. The maximum Gasteiger partial charge on any atom is 0.416 e. The molecule has 2 rings (SSSR count). The third-order valence-electron chi connectivity index (χ3n) is 3.25. The molecule has 0 radical (unpaired) electrons. The van der Waals surface area contributed by atoms with Crippen LogP contribution in [0.3, 0.4) is 0 Å². The fourth-order valence-electron chi connectivity index (χ4n) is 2.19. The molecule has 2 nitrogen and oxygen atoms in total. The van der Waals surface area contributed by atoms with Gasteiger partial charge >= 0.3 is 6.18 Å². The van der Waals surface area contributed by atoms with Crippen molar-refractivity contribution in [1.82, 2.24) is 5.32 Å². The topological polar surface area (TPSA) is 24.1 Å². The summed E-state index contributed by atoms with van der Waals surface area (Å²) < 4.78 is 37.6. The largest absolute Gasteiger partial charge is 0.416 e. The van der Waals surface area contributed by atoms with Gasteiger partial charge in [-0.15, -0.1) is 0 Å². The predicted octanol–water partition coefficient (Wildman–Crippen LogP) is 3.18. The lowest BCUT2D eigenvalue weighted by Crippen LogP contribution is -2.35. The summed E-state index contributed by atoms with van der Waals surface area (Å²) in [5, 5.41) is 6.58. The van der Waals surface area contributed by atoms with Gasteiger partial charge in [0.2, 0.25) is 0 Å². The van der Waals surface area contributed by atoms with E-state index in [1.807, 2.05) is 0 Å². The second kappa shape index (κ2) is 5.18. The van der Waals surface area contributed by atoms with Gasteiger partial charge in [-0.3, -0.25) is 0 Å². The van der Waals surface area contributed by atoms with Crippen LogP contribution >= 0.6 is 0 Å². The zero-order valence-corrected chi connectivity index (χ0v) is 10.3. The molecule has 1 saturated heterocycles. The van der Waals surface area contributed by atoms with Gasteiger partial charge in [-0.05, 0) is 56.6 Å². The average Bonchev–Trinajstić information content (AvgIpc) is 2.32. The van der Waals surface area contributed by atoms with E-state index in [-0.39, 0.29) is 0 Å². The summed E-state index contributed by atoms with van der Waals surface area (Å²) in [7, 11) is 0. The van der Waals surface area contributed by atoms with E-state index < -0.39 is 11.7 Å². The van der Waals surface area contributed by atoms with Gasteiger partial charge < -0.3 is 10.6 Å². The highest BCUT2D eigenvalue weighted by Gasteiger charge is 2.30. The van der Waals surface area contributed by atoms with E-state index in [4.69, 9.17) is 0 Å². The second-order valence-electron chi connectivity index (χ2n) is 4.70. The Balaban J connectivity index is 2.09. The molecule has 18 heavy (non-hydrogen) atoms. The summed E-state index contributed by atoms with van der Waals surface area (Å²) in [4.78, 5) is 0. The maximum absolute atomic E-state index is 12.5. The lowest BCUT2D eigenvalue weighted by molar-refractivity contribution is -0.137. The van der Waals surface area contributed by atoms with Crippen molar-refractivity contribution in [1.29, 1.82) is 0 Å². The maximum atomic E-state index is 12.5. The summed E-state index contributed by atoms with van der Waals surface area (Å²) in [6.07, 6.45) is -2.26. The predicted molar refractivity (Wildman–Crippen MR) is 65.7 cm³/mol. The van der Waals surface area contributed by atoms with Crippen molar-refractivity contribution in [2.24, 2.45) is 0 Å². The van der Waals surface area contributed by atoms with Crippen molar-refractivity contribution in [3.8, 4) is 0 Å². The number of rotatable bonds is 2. The molecule has 2 N–H and O–H groups in total. The van der Waals surface area contributed by atoms with Crippen LogP contribution in [-0.4, -0.2) is 19.1 Å². The van der Waals surface area contributed by atoms with Gasteiger partial charge in [0.05, 0.1) is 5.56 Å². The fraction of sp³-hybridized carbons (Fsp3) is 0.538. The van der Waals surface area contributed by atoms with Gasteiger partial charge in [0.15, 0.2) is 0 Å². The van der Waals surface area contributed by atoms with Crippen molar-refractivity contribution >= 4 is 5.69 Å². The molecule has 5 heteroatoms. The van der Waals surface area contributed by atoms with E-state index >= 15 is 0 Å². The summed E-state index contributed by atoms with van der Waals surface area (Å²) in [6.45, 7) is 3.62. The Hall–Kier alpha value is -1.23. The molecule has 1 heterocycles. The summed E-state index contributed by atoms with van der Waals surface area (Å²) in [6, 6.07) is 4.21.